The molecular formula is C29H52O5S. The minimum atomic E-state index is -0.852. The topological polar surface area (TPSA) is 83.8 Å². The minimum Gasteiger partial charge on any atom is -0.481 e. The molecule has 0 heterocycles. The van der Waals surface area contributed by atoms with Crippen LogP contribution in [0.4, 0.5) is 0 Å². The van der Waals surface area contributed by atoms with E-state index in [1.165, 1.54) is 69.8 Å². The van der Waals surface area contributed by atoms with Gasteiger partial charge in [0.15, 0.2) is 0 Å². The molecule has 0 aliphatic heterocycles. The lowest BCUT2D eigenvalue weighted by Gasteiger charge is -2.45. The third kappa shape index (κ3) is 12.7. The van der Waals surface area contributed by atoms with Gasteiger partial charge in [-0.05, 0) is 39.0 Å². The standard InChI is InChI=1S/C29H52O5S/c1-4-7-8-9-10-11-12-13-14-15-16-17-18-24-19-21-29(5-2,23-25(30)31)28(33)27(24)35-22-20-26(32)34-6-3/h18,27-28,33H,4-17,19-23H2,1-3H3,(H,30,31)/t27-,28+,29+/m0/s1. The summed E-state index contributed by atoms with van der Waals surface area (Å²) in [5.74, 6) is -0.498. The molecule has 1 fully saturated rings. The van der Waals surface area contributed by atoms with Gasteiger partial charge >= 0.3 is 11.9 Å². The molecule has 0 saturated heterocycles. The third-order valence-corrected chi connectivity index (χ3v) is 8.88. The maximum atomic E-state index is 11.8. The number of aliphatic carboxylic acids is 1. The van der Waals surface area contributed by atoms with Crippen LogP contribution in [-0.2, 0) is 14.3 Å². The summed E-state index contributed by atoms with van der Waals surface area (Å²) in [5.41, 5.74) is 0.634. The second-order valence-corrected chi connectivity index (χ2v) is 11.4. The van der Waals surface area contributed by atoms with Gasteiger partial charge in [-0.15, -0.1) is 0 Å². The summed E-state index contributed by atoms with van der Waals surface area (Å²) in [7, 11) is 0. The van der Waals surface area contributed by atoms with E-state index < -0.39 is 17.5 Å². The Morgan fingerprint density at radius 3 is 2.14 bits per heavy atom. The molecule has 0 aromatic heterocycles. The molecule has 2 N–H and O–H groups in total. The van der Waals surface area contributed by atoms with E-state index in [2.05, 4.69) is 13.0 Å². The maximum Gasteiger partial charge on any atom is 0.306 e. The largest absolute Gasteiger partial charge is 0.481 e. The molecule has 6 heteroatoms. The summed E-state index contributed by atoms with van der Waals surface area (Å²) in [4.78, 5) is 23.3. The van der Waals surface area contributed by atoms with Crippen molar-refractivity contribution in [1.29, 1.82) is 0 Å². The van der Waals surface area contributed by atoms with Crippen molar-refractivity contribution in [2.45, 2.75) is 141 Å². The zero-order valence-corrected chi connectivity index (χ0v) is 23.5. The van der Waals surface area contributed by atoms with E-state index >= 15 is 0 Å². The highest BCUT2D eigenvalue weighted by Gasteiger charge is 2.46. The number of carboxylic acids is 1. The molecule has 1 saturated carbocycles. The van der Waals surface area contributed by atoms with Crippen LogP contribution in [0, 0.1) is 5.41 Å². The van der Waals surface area contributed by atoms with Gasteiger partial charge in [0, 0.05) is 11.2 Å². The third-order valence-electron chi connectivity index (χ3n) is 7.52. The van der Waals surface area contributed by atoms with Crippen LogP contribution in [0.25, 0.3) is 0 Å². The lowest BCUT2D eigenvalue weighted by Crippen LogP contribution is -2.47. The molecule has 1 aliphatic carbocycles. The molecule has 5 nitrogen and oxygen atoms in total. The Morgan fingerprint density at radius 1 is 1.00 bits per heavy atom. The molecule has 0 bridgehead atoms. The Hall–Kier alpha value is -1.01. The molecule has 0 radical (unpaired) electrons. The van der Waals surface area contributed by atoms with Gasteiger partial charge in [-0.1, -0.05) is 89.7 Å². The van der Waals surface area contributed by atoms with E-state index in [4.69, 9.17) is 4.74 Å². The average Bonchev–Trinajstić information content (AvgIpc) is 2.83. The van der Waals surface area contributed by atoms with Crippen molar-refractivity contribution in [2.75, 3.05) is 12.4 Å². The van der Waals surface area contributed by atoms with Crippen LogP contribution >= 0.6 is 11.8 Å². The fourth-order valence-corrected chi connectivity index (χ4v) is 6.66. The first kappa shape index (κ1) is 32.0. The normalized spacial score (nSPS) is 23.5. The van der Waals surface area contributed by atoms with Crippen LogP contribution in [0.15, 0.2) is 11.6 Å². The van der Waals surface area contributed by atoms with E-state index in [0.29, 0.717) is 31.6 Å². The van der Waals surface area contributed by atoms with Gasteiger partial charge < -0.3 is 14.9 Å². The molecule has 1 rings (SSSR count). The molecule has 3 atom stereocenters. The van der Waals surface area contributed by atoms with E-state index in [1.54, 1.807) is 18.7 Å². The second kappa shape index (κ2) is 19.1. The molecular weight excluding hydrogens is 460 g/mol. The Morgan fingerprint density at radius 2 is 1.60 bits per heavy atom. The Balaban J connectivity index is 2.53. The van der Waals surface area contributed by atoms with E-state index in [1.807, 2.05) is 6.92 Å². The van der Waals surface area contributed by atoms with Crippen molar-refractivity contribution in [3.8, 4) is 0 Å². The number of aliphatic hydroxyl groups is 1. The first-order valence-electron chi connectivity index (χ1n) is 14.3. The molecule has 35 heavy (non-hydrogen) atoms. The highest BCUT2D eigenvalue weighted by atomic mass is 32.2. The fourth-order valence-electron chi connectivity index (χ4n) is 5.23. The van der Waals surface area contributed by atoms with Crippen LogP contribution in [0.1, 0.15) is 130 Å². The number of rotatable bonds is 20. The number of ether oxygens (including phenoxy) is 1. The predicted molar refractivity (Wildman–Crippen MR) is 147 cm³/mol. The molecule has 204 valence electrons. The van der Waals surface area contributed by atoms with Crippen LogP contribution in [0.2, 0.25) is 0 Å². The van der Waals surface area contributed by atoms with Crippen molar-refractivity contribution in [1.82, 2.24) is 0 Å². The number of hydrogen-bond donors (Lipinski definition) is 2. The highest BCUT2D eigenvalue weighted by Crippen LogP contribution is 2.48. The first-order valence-corrected chi connectivity index (χ1v) is 15.3. The number of aliphatic hydroxyl groups excluding tert-OH is 1. The van der Waals surface area contributed by atoms with Crippen molar-refractivity contribution < 1.29 is 24.5 Å². The molecule has 1 aliphatic rings. The minimum absolute atomic E-state index is 0.00845. The lowest BCUT2D eigenvalue weighted by molar-refractivity contribution is -0.143. The number of hydrogen-bond acceptors (Lipinski definition) is 5. The number of carbonyl (C=O) groups excluding carboxylic acids is 1. The van der Waals surface area contributed by atoms with Crippen molar-refractivity contribution >= 4 is 23.7 Å². The first-order chi connectivity index (χ1) is 16.9. The summed E-state index contributed by atoms with van der Waals surface area (Å²) < 4.78 is 5.04. The molecule has 0 aromatic carbocycles. The molecule has 0 unspecified atom stereocenters. The van der Waals surface area contributed by atoms with E-state index in [-0.39, 0.29) is 17.6 Å². The smallest absolute Gasteiger partial charge is 0.306 e. The molecule has 0 aromatic rings. The Kier molecular flexibility index (Phi) is 17.5. The van der Waals surface area contributed by atoms with E-state index in [9.17, 15) is 19.8 Å². The highest BCUT2D eigenvalue weighted by molar-refractivity contribution is 8.00. The number of carboxylic acid groups (broad SMARTS) is 1. The van der Waals surface area contributed by atoms with Crippen LogP contribution in [-0.4, -0.2) is 45.9 Å². The summed E-state index contributed by atoms with van der Waals surface area (Å²) in [6, 6.07) is 0. The number of carbonyl (C=O) groups is 2. The number of allylic oxidation sites excluding steroid dienone is 1. The van der Waals surface area contributed by atoms with Gasteiger partial charge in [-0.2, -0.15) is 11.8 Å². The fraction of sp³-hybridized carbons (Fsp3) is 0.862. The average molecular weight is 513 g/mol. The summed E-state index contributed by atoms with van der Waals surface area (Å²) in [6.07, 6.45) is 19.6. The summed E-state index contributed by atoms with van der Waals surface area (Å²) in [5, 5.41) is 20.6. The van der Waals surface area contributed by atoms with Crippen LogP contribution < -0.4 is 0 Å². The van der Waals surface area contributed by atoms with Gasteiger partial charge in [0.05, 0.1) is 30.8 Å². The summed E-state index contributed by atoms with van der Waals surface area (Å²) in [6.45, 7) is 6.41. The van der Waals surface area contributed by atoms with Gasteiger partial charge in [0.25, 0.3) is 0 Å². The van der Waals surface area contributed by atoms with Crippen molar-refractivity contribution in [2.24, 2.45) is 5.41 Å². The van der Waals surface area contributed by atoms with Gasteiger partial charge in [-0.3, -0.25) is 9.59 Å². The number of esters is 1. The maximum absolute atomic E-state index is 11.8. The monoisotopic (exact) mass is 512 g/mol. The molecule has 0 amide bonds. The van der Waals surface area contributed by atoms with Crippen LogP contribution in [0.5, 0.6) is 0 Å². The molecule has 0 spiro atoms. The SMILES string of the molecule is CCCCCCCCCCCCCC=C1CC[C@](CC)(CC(=O)O)[C@H](O)[C@H]1SCCC(=O)OCC. The lowest BCUT2D eigenvalue weighted by atomic mass is 9.66. The van der Waals surface area contributed by atoms with Crippen molar-refractivity contribution in [3.05, 3.63) is 11.6 Å². The van der Waals surface area contributed by atoms with Crippen LogP contribution in [0.3, 0.4) is 0 Å². The van der Waals surface area contributed by atoms with E-state index in [0.717, 1.165) is 19.3 Å². The van der Waals surface area contributed by atoms with Gasteiger partial charge in [-0.25, -0.2) is 0 Å². The summed E-state index contributed by atoms with van der Waals surface area (Å²) >= 11 is 1.58. The Labute approximate surface area is 218 Å². The van der Waals surface area contributed by atoms with Gasteiger partial charge in [0.1, 0.15) is 0 Å². The zero-order valence-electron chi connectivity index (χ0n) is 22.7. The number of thioether (sulfide) groups is 1. The predicted octanol–water partition coefficient (Wildman–Crippen LogP) is 7.69. The quantitative estimate of drug-likeness (QED) is 0.0988. The Bertz CT molecular complexity index is 620. The number of unbranched alkanes of at least 4 members (excludes halogenated alkanes) is 11. The second-order valence-electron chi connectivity index (χ2n) is 10.2. The van der Waals surface area contributed by atoms with Gasteiger partial charge in [0.2, 0.25) is 0 Å². The van der Waals surface area contributed by atoms with Crippen molar-refractivity contribution in [3.63, 3.8) is 0 Å². The zero-order chi connectivity index (χ0) is 25.9.